The molecule has 0 saturated carbocycles. The number of hydrogen-bond acceptors (Lipinski definition) is 2. The van der Waals surface area contributed by atoms with E-state index in [2.05, 4.69) is 4.74 Å². The normalized spacial score (nSPS) is 11.7. The zero-order valence-electron chi connectivity index (χ0n) is 8.12. The van der Waals surface area contributed by atoms with E-state index in [4.69, 9.17) is 0 Å². The molecular weight excluding hydrogens is 221 g/mol. The second-order valence-electron chi connectivity index (χ2n) is 2.88. The molecule has 0 atom stereocenters. The maximum absolute atomic E-state index is 12.5. The lowest BCUT2D eigenvalue weighted by Gasteiger charge is -2.09. The fraction of sp³-hybridized carbons (Fsp3) is 0.182. The third kappa shape index (κ3) is 3.42. The fourth-order valence-corrected chi connectivity index (χ4v) is 1.16. The molecule has 0 aliphatic carbocycles. The summed E-state index contributed by atoms with van der Waals surface area (Å²) in [6.45, 7) is 1.07. The first-order valence-electron chi connectivity index (χ1n) is 4.37. The number of halogens is 3. The Bertz CT molecular complexity index is 383. The number of benzene rings is 1. The predicted molar refractivity (Wildman–Crippen MR) is 52.1 cm³/mol. The van der Waals surface area contributed by atoms with Gasteiger partial charge in [-0.3, -0.25) is 0 Å². The Kier molecular flexibility index (Phi) is 4.10. The van der Waals surface area contributed by atoms with Crippen molar-refractivity contribution >= 4 is 12.5 Å². The van der Waals surface area contributed by atoms with Gasteiger partial charge in [0.15, 0.2) is 0 Å². The minimum atomic E-state index is -4.39. The van der Waals surface area contributed by atoms with Gasteiger partial charge < -0.3 is 4.74 Å². The van der Waals surface area contributed by atoms with Crippen LogP contribution in [0.5, 0.6) is 0 Å². The predicted octanol–water partition coefficient (Wildman–Crippen LogP) is 2.80. The third-order valence-corrected chi connectivity index (χ3v) is 1.80. The van der Waals surface area contributed by atoms with Crippen molar-refractivity contribution < 1.29 is 22.7 Å². The summed E-state index contributed by atoms with van der Waals surface area (Å²) in [5.74, 6) is 0. The van der Waals surface area contributed by atoms with E-state index >= 15 is 0 Å². The van der Waals surface area contributed by atoms with Crippen LogP contribution in [0.1, 0.15) is 11.1 Å². The quantitative estimate of drug-likeness (QED) is 0.742. The van der Waals surface area contributed by atoms with Crippen LogP contribution in [0.2, 0.25) is 0 Å². The molecule has 0 aromatic heterocycles. The molecule has 0 N–H and O–H groups in total. The molecule has 0 unspecified atom stereocenters. The van der Waals surface area contributed by atoms with Crippen molar-refractivity contribution in [3.8, 4) is 0 Å². The number of carbonyl (C=O) groups excluding carboxylic acids is 1. The Labute approximate surface area is 90.3 Å². The minimum absolute atomic E-state index is 0.0319. The van der Waals surface area contributed by atoms with Crippen LogP contribution in [0, 0.1) is 0 Å². The number of alkyl halides is 3. The summed E-state index contributed by atoms with van der Waals surface area (Å²) in [7, 11) is 0. The average Bonchev–Trinajstić information content (AvgIpc) is 2.24. The fourth-order valence-electron chi connectivity index (χ4n) is 1.16. The average molecular weight is 229 g/mol. The van der Waals surface area contributed by atoms with Gasteiger partial charge in [-0.1, -0.05) is 24.3 Å². The molecule has 1 aromatic rings. The highest BCUT2D eigenvalue weighted by Crippen LogP contribution is 2.32. The molecule has 1 radical (unpaired) electrons. The molecule has 0 saturated heterocycles. The van der Waals surface area contributed by atoms with Gasteiger partial charge in [-0.15, -0.1) is 0 Å². The van der Waals surface area contributed by atoms with Gasteiger partial charge in [0, 0.05) is 0 Å². The van der Waals surface area contributed by atoms with Crippen LogP contribution in [0.3, 0.4) is 0 Å². The molecule has 0 spiro atoms. The summed E-state index contributed by atoms with van der Waals surface area (Å²) >= 11 is 0. The second kappa shape index (κ2) is 5.34. The van der Waals surface area contributed by atoms with Gasteiger partial charge in [-0.25, -0.2) is 4.79 Å². The summed E-state index contributed by atoms with van der Waals surface area (Å²) in [4.78, 5) is 9.68. The van der Waals surface area contributed by atoms with Gasteiger partial charge in [-0.05, 0) is 17.7 Å². The van der Waals surface area contributed by atoms with Gasteiger partial charge in [0.2, 0.25) is 0 Å². The Balaban J connectivity index is 2.87. The molecule has 16 heavy (non-hydrogen) atoms. The third-order valence-electron chi connectivity index (χ3n) is 1.80. The first-order chi connectivity index (χ1) is 7.55. The van der Waals surface area contributed by atoms with E-state index in [1.807, 2.05) is 0 Å². The van der Waals surface area contributed by atoms with Crippen LogP contribution in [0.15, 0.2) is 30.3 Å². The van der Waals surface area contributed by atoms with Crippen molar-refractivity contribution in [2.45, 2.75) is 6.18 Å². The van der Waals surface area contributed by atoms with E-state index in [1.54, 1.807) is 0 Å². The first kappa shape index (κ1) is 12.3. The topological polar surface area (TPSA) is 26.3 Å². The maximum Gasteiger partial charge on any atom is 0.417 e. The zero-order valence-corrected chi connectivity index (χ0v) is 8.12. The van der Waals surface area contributed by atoms with E-state index < -0.39 is 11.7 Å². The Morgan fingerprint density at radius 1 is 1.31 bits per heavy atom. The van der Waals surface area contributed by atoms with E-state index in [-0.39, 0.29) is 12.2 Å². The summed E-state index contributed by atoms with van der Waals surface area (Å²) in [6, 6.07) is 5.15. The van der Waals surface area contributed by atoms with Crippen molar-refractivity contribution in [2.24, 2.45) is 0 Å². The van der Waals surface area contributed by atoms with Crippen LogP contribution >= 0.6 is 0 Å². The molecule has 0 fully saturated rings. The largest absolute Gasteiger partial charge is 0.453 e. The van der Waals surface area contributed by atoms with Crippen LogP contribution in [-0.4, -0.2) is 13.1 Å². The van der Waals surface area contributed by atoms with Crippen LogP contribution in [0.25, 0.3) is 6.08 Å². The van der Waals surface area contributed by atoms with Crippen molar-refractivity contribution in [3.05, 3.63) is 41.5 Å². The zero-order chi connectivity index (χ0) is 12.0. The van der Waals surface area contributed by atoms with Gasteiger partial charge in [0.1, 0.15) is 6.61 Å². The van der Waals surface area contributed by atoms with E-state index in [1.165, 1.54) is 36.8 Å². The molecule has 0 amide bonds. The Morgan fingerprint density at radius 2 is 2.00 bits per heavy atom. The van der Waals surface area contributed by atoms with E-state index in [0.717, 1.165) is 6.07 Å². The highest BCUT2D eigenvalue weighted by atomic mass is 19.4. The molecule has 0 aliphatic heterocycles. The lowest BCUT2D eigenvalue weighted by atomic mass is 10.1. The smallest absolute Gasteiger partial charge is 0.417 e. The maximum atomic E-state index is 12.5. The van der Waals surface area contributed by atoms with Crippen LogP contribution in [-0.2, 0) is 15.7 Å². The number of hydrogen-bond donors (Lipinski definition) is 0. The van der Waals surface area contributed by atoms with Crippen molar-refractivity contribution in [1.29, 1.82) is 0 Å². The summed E-state index contributed by atoms with van der Waals surface area (Å²) in [5.41, 5.74) is -0.689. The molecule has 2 nitrogen and oxygen atoms in total. The van der Waals surface area contributed by atoms with E-state index in [0.29, 0.717) is 0 Å². The summed E-state index contributed by atoms with van der Waals surface area (Å²) < 4.78 is 41.7. The molecule has 0 aliphatic rings. The minimum Gasteiger partial charge on any atom is -0.453 e. The lowest BCUT2D eigenvalue weighted by Crippen LogP contribution is -2.06. The molecule has 85 valence electrons. The second-order valence-corrected chi connectivity index (χ2v) is 2.88. The highest BCUT2D eigenvalue weighted by Gasteiger charge is 2.32. The van der Waals surface area contributed by atoms with Crippen molar-refractivity contribution in [2.75, 3.05) is 6.61 Å². The van der Waals surface area contributed by atoms with E-state index in [9.17, 15) is 18.0 Å². The lowest BCUT2D eigenvalue weighted by molar-refractivity contribution is -0.137. The van der Waals surface area contributed by atoms with Gasteiger partial charge in [-0.2, -0.15) is 13.2 Å². The van der Waals surface area contributed by atoms with Crippen molar-refractivity contribution in [1.82, 2.24) is 0 Å². The van der Waals surface area contributed by atoms with Gasteiger partial charge in [0.05, 0.1) is 5.56 Å². The van der Waals surface area contributed by atoms with Gasteiger partial charge >= 0.3 is 12.6 Å². The molecular formula is C11H8F3O2. The summed E-state index contributed by atoms with van der Waals surface area (Å²) in [6.07, 6.45) is -1.83. The molecule has 0 bridgehead atoms. The number of rotatable bonds is 4. The van der Waals surface area contributed by atoms with Gasteiger partial charge in [0.25, 0.3) is 0 Å². The molecule has 5 heteroatoms. The van der Waals surface area contributed by atoms with Crippen LogP contribution < -0.4 is 0 Å². The molecule has 1 rings (SSSR count). The van der Waals surface area contributed by atoms with Crippen LogP contribution in [0.4, 0.5) is 13.2 Å². The Morgan fingerprint density at radius 3 is 2.62 bits per heavy atom. The van der Waals surface area contributed by atoms with Crippen molar-refractivity contribution in [3.63, 3.8) is 0 Å². The standard InChI is InChI=1S/C11H8F3O2/c12-11(13,14)10-6-2-1-4-9(10)5-3-7-16-8-15/h1-6H,7H2/b5-3+. The monoisotopic (exact) mass is 229 g/mol. The number of ether oxygens (including phenoxy) is 1. The summed E-state index contributed by atoms with van der Waals surface area (Å²) in [5, 5.41) is 0. The molecule has 1 aromatic carbocycles. The Hall–Kier alpha value is -1.78. The SMILES string of the molecule is O=[C]OC/C=C/c1ccccc1C(F)(F)F. The first-order valence-corrected chi connectivity index (χ1v) is 4.37. The molecule has 0 heterocycles. The highest BCUT2D eigenvalue weighted by molar-refractivity contribution is 5.55.